The fraction of sp³-hybridized carbons (Fsp3) is 0.346. The molecule has 0 N–H and O–H groups in total. The Labute approximate surface area is 188 Å². The highest BCUT2D eigenvalue weighted by molar-refractivity contribution is 6.31. The molecule has 0 amide bonds. The molecule has 3 rings (SSSR count). The molecule has 0 heterocycles. The first-order chi connectivity index (χ1) is 15.0. The van der Waals surface area contributed by atoms with E-state index in [-0.39, 0.29) is 6.61 Å². The molecule has 0 bridgehead atoms. The Morgan fingerprint density at radius 1 is 1.03 bits per heavy atom. The number of rotatable bonds is 11. The minimum atomic E-state index is -0.495. The van der Waals surface area contributed by atoms with Gasteiger partial charge in [-0.3, -0.25) is 0 Å². The normalized spacial score (nSPS) is 12.2. The van der Waals surface area contributed by atoms with Crippen molar-refractivity contribution in [2.75, 3.05) is 19.8 Å². The predicted molar refractivity (Wildman–Crippen MR) is 127 cm³/mol. The van der Waals surface area contributed by atoms with E-state index in [2.05, 4.69) is 31.7 Å². The van der Waals surface area contributed by atoms with Crippen LogP contribution in [0.3, 0.4) is 0 Å². The van der Waals surface area contributed by atoms with Gasteiger partial charge in [-0.2, -0.15) is 0 Å². The van der Waals surface area contributed by atoms with Crippen LogP contribution in [-0.4, -0.2) is 31.9 Å². The summed E-state index contributed by atoms with van der Waals surface area (Å²) in [4.78, 5) is 12.0. The van der Waals surface area contributed by atoms with Gasteiger partial charge in [-0.05, 0) is 58.7 Å². The van der Waals surface area contributed by atoms with E-state index in [9.17, 15) is 4.79 Å². The lowest BCUT2D eigenvalue weighted by Crippen LogP contribution is -2.29. The lowest BCUT2D eigenvalue weighted by atomic mass is 9.97. The van der Waals surface area contributed by atoms with Crippen LogP contribution < -0.4 is 0 Å². The number of halogens is 1. The summed E-state index contributed by atoms with van der Waals surface area (Å²) < 4.78 is 17.2. The van der Waals surface area contributed by atoms with Crippen molar-refractivity contribution in [3.8, 4) is 0 Å². The van der Waals surface area contributed by atoms with Crippen molar-refractivity contribution in [3.05, 3.63) is 71.3 Å². The van der Waals surface area contributed by atoms with Gasteiger partial charge in [-0.25, -0.2) is 4.79 Å². The molecular formula is C26H29ClO4. The molecule has 0 aromatic heterocycles. The zero-order chi connectivity index (χ0) is 22.2. The average molecular weight is 441 g/mol. The largest absolute Gasteiger partial charge is 0.454 e. The summed E-state index contributed by atoms with van der Waals surface area (Å²) in [6, 6.07) is 16.2. The van der Waals surface area contributed by atoms with E-state index in [0.29, 0.717) is 30.4 Å². The molecule has 0 aliphatic rings. The minimum Gasteiger partial charge on any atom is -0.454 e. The average Bonchev–Trinajstić information content (AvgIpc) is 2.76. The van der Waals surface area contributed by atoms with E-state index >= 15 is 0 Å². The molecule has 3 aromatic carbocycles. The zero-order valence-electron chi connectivity index (χ0n) is 18.2. The van der Waals surface area contributed by atoms with Gasteiger partial charge in [0, 0.05) is 17.2 Å². The molecule has 5 heteroatoms. The molecule has 31 heavy (non-hydrogen) atoms. The molecule has 4 nitrogen and oxygen atoms in total. The first kappa shape index (κ1) is 23.3. The van der Waals surface area contributed by atoms with Crippen LogP contribution in [0.15, 0.2) is 60.7 Å². The van der Waals surface area contributed by atoms with E-state index in [1.165, 1.54) is 0 Å². The van der Waals surface area contributed by atoms with E-state index < -0.39 is 12.1 Å². The SMILES string of the molecule is C=C(C)C(=O)OC(COCCCC)COCc1c2ccccc2cc2ccc(Cl)cc12. The third-order valence-electron chi connectivity index (χ3n) is 5.06. The van der Waals surface area contributed by atoms with Crippen LogP contribution in [0, 0.1) is 0 Å². The number of esters is 1. The molecule has 164 valence electrons. The lowest BCUT2D eigenvalue weighted by molar-refractivity contribution is -0.151. The molecule has 0 aliphatic carbocycles. The second-order valence-corrected chi connectivity index (χ2v) is 8.13. The number of hydrogen-bond acceptors (Lipinski definition) is 4. The van der Waals surface area contributed by atoms with Gasteiger partial charge in [0.15, 0.2) is 0 Å². The Bertz CT molecular complexity index is 1060. The van der Waals surface area contributed by atoms with Crippen molar-refractivity contribution >= 4 is 39.1 Å². The predicted octanol–water partition coefficient (Wildman–Crippen LogP) is 6.47. The van der Waals surface area contributed by atoms with Crippen LogP contribution in [0.2, 0.25) is 5.02 Å². The van der Waals surface area contributed by atoms with E-state index in [1.54, 1.807) is 6.92 Å². The van der Waals surface area contributed by atoms with E-state index in [4.69, 9.17) is 25.8 Å². The maximum atomic E-state index is 12.0. The summed E-state index contributed by atoms with van der Waals surface area (Å²) in [5.41, 5.74) is 1.42. The van der Waals surface area contributed by atoms with E-state index in [1.807, 2.05) is 30.3 Å². The van der Waals surface area contributed by atoms with Gasteiger partial charge in [0.1, 0.15) is 6.10 Å². The molecule has 1 unspecified atom stereocenters. The fourth-order valence-corrected chi connectivity index (χ4v) is 3.58. The number of fused-ring (bicyclic) bond motifs is 2. The Kier molecular flexibility index (Phi) is 8.47. The fourth-order valence-electron chi connectivity index (χ4n) is 3.40. The highest BCUT2D eigenvalue weighted by Gasteiger charge is 2.17. The van der Waals surface area contributed by atoms with Gasteiger partial charge >= 0.3 is 5.97 Å². The first-order valence-corrected chi connectivity index (χ1v) is 11.0. The summed E-state index contributed by atoms with van der Waals surface area (Å²) in [6.07, 6.45) is 1.51. The van der Waals surface area contributed by atoms with Crippen LogP contribution >= 0.6 is 11.6 Å². The van der Waals surface area contributed by atoms with Crippen LogP contribution in [0.1, 0.15) is 32.3 Å². The van der Waals surface area contributed by atoms with Crippen LogP contribution in [0.4, 0.5) is 0 Å². The van der Waals surface area contributed by atoms with Crippen molar-refractivity contribution in [1.82, 2.24) is 0 Å². The quantitative estimate of drug-likeness (QED) is 0.148. The first-order valence-electron chi connectivity index (χ1n) is 10.6. The number of unbranched alkanes of at least 4 members (excludes halogenated alkanes) is 1. The highest BCUT2D eigenvalue weighted by Crippen LogP contribution is 2.31. The molecule has 0 fully saturated rings. The van der Waals surface area contributed by atoms with Crippen molar-refractivity contribution in [1.29, 1.82) is 0 Å². The second kappa shape index (κ2) is 11.3. The Morgan fingerprint density at radius 2 is 1.77 bits per heavy atom. The summed E-state index contributed by atoms with van der Waals surface area (Å²) in [7, 11) is 0. The van der Waals surface area contributed by atoms with Crippen molar-refractivity contribution in [2.45, 2.75) is 39.4 Å². The van der Waals surface area contributed by atoms with Gasteiger partial charge in [0.2, 0.25) is 0 Å². The Hall–Kier alpha value is -2.40. The molecule has 0 radical (unpaired) electrons. The van der Waals surface area contributed by atoms with Crippen LogP contribution in [0.5, 0.6) is 0 Å². The van der Waals surface area contributed by atoms with E-state index in [0.717, 1.165) is 39.9 Å². The van der Waals surface area contributed by atoms with Gasteiger partial charge in [-0.15, -0.1) is 0 Å². The lowest BCUT2D eigenvalue weighted by Gasteiger charge is -2.19. The van der Waals surface area contributed by atoms with Gasteiger partial charge in [0.25, 0.3) is 0 Å². The maximum Gasteiger partial charge on any atom is 0.333 e. The zero-order valence-corrected chi connectivity index (χ0v) is 18.9. The molecule has 0 saturated heterocycles. The number of carbonyl (C=O) groups excluding carboxylic acids is 1. The third kappa shape index (κ3) is 6.30. The van der Waals surface area contributed by atoms with Gasteiger partial charge in [0.05, 0.1) is 19.8 Å². The molecule has 3 aromatic rings. The molecule has 0 aliphatic heterocycles. The Balaban J connectivity index is 1.77. The van der Waals surface area contributed by atoms with Crippen molar-refractivity contribution in [3.63, 3.8) is 0 Å². The highest BCUT2D eigenvalue weighted by atomic mass is 35.5. The Morgan fingerprint density at radius 3 is 2.55 bits per heavy atom. The monoisotopic (exact) mass is 440 g/mol. The third-order valence-corrected chi connectivity index (χ3v) is 5.29. The topological polar surface area (TPSA) is 44.8 Å². The minimum absolute atomic E-state index is 0.233. The van der Waals surface area contributed by atoms with Crippen LogP contribution in [-0.2, 0) is 25.6 Å². The summed E-state index contributed by atoms with van der Waals surface area (Å²) in [5.74, 6) is -0.435. The number of ether oxygens (including phenoxy) is 3. The molecule has 0 saturated carbocycles. The summed E-state index contributed by atoms with van der Waals surface area (Å²) in [6.45, 7) is 8.91. The van der Waals surface area contributed by atoms with Crippen LogP contribution in [0.25, 0.3) is 21.5 Å². The smallest absolute Gasteiger partial charge is 0.333 e. The van der Waals surface area contributed by atoms with Gasteiger partial charge < -0.3 is 14.2 Å². The van der Waals surface area contributed by atoms with Crippen molar-refractivity contribution in [2.24, 2.45) is 0 Å². The van der Waals surface area contributed by atoms with Crippen molar-refractivity contribution < 1.29 is 19.0 Å². The molecule has 1 atom stereocenters. The number of benzene rings is 3. The standard InChI is InChI=1S/C26H29ClO4/c1-4-5-12-29-15-22(31-26(28)18(2)3)16-30-17-25-23-9-7-6-8-19(23)13-20-10-11-21(27)14-24(20)25/h6-11,13-14,22H,2,4-5,12,15-17H2,1,3H3. The second-order valence-electron chi connectivity index (χ2n) is 7.69. The number of carbonyl (C=O) groups is 1. The molecule has 0 spiro atoms. The van der Waals surface area contributed by atoms with Gasteiger partial charge in [-0.1, -0.05) is 61.9 Å². The maximum absolute atomic E-state index is 12.0. The number of hydrogen-bond donors (Lipinski definition) is 0. The summed E-state index contributed by atoms with van der Waals surface area (Å²) >= 11 is 6.27. The summed E-state index contributed by atoms with van der Waals surface area (Å²) in [5, 5.41) is 5.10. The molecular weight excluding hydrogens is 412 g/mol.